The van der Waals surface area contributed by atoms with Gasteiger partial charge in [-0.3, -0.25) is 0 Å². The van der Waals surface area contributed by atoms with E-state index in [1.807, 2.05) is 0 Å². The Morgan fingerprint density at radius 1 is 1.05 bits per heavy atom. The molecular weight excluding hydrogens is 252 g/mol. The lowest BCUT2D eigenvalue weighted by Crippen LogP contribution is -2.44. The van der Waals surface area contributed by atoms with Crippen LogP contribution in [0.2, 0.25) is 0 Å². The topological polar surface area (TPSA) is 24.1 Å². The highest BCUT2D eigenvalue weighted by Crippen LogP contribution is 2.17. The number of hydrogen-bond acceptors (Lipinski definition) is 1. The molecule has 0 aliphatic carbocycles. The summed E-state index contributed by atoms with van der Waals surface area (Å²) in [6.07, 6.45) is 0. The molecule has 1 rings (SSSR count). The van der Waals surface area contributed by atoms with Crippen LogP contribution in [-0.2, 0) is 0 Å². The van der Waals surface area contributed by atoms with E-state index >= 15 is 0 Å². The van der Waals surface area contributed by atoms with E-state index in [0.717, 1.165) is 5.69 Å². The number of anilines is 1. The van der Waals surface area contributed by atoms with E-state index in [4.69, 9.17) is 12.2 Å². The van der Waals surface area contributed by atoms with Gasteiger partial charge in [0.25, 0.3) is 0 Å². The van der Waals surface area contributed by atoms with Gasteiger partial charge in [-0.15, -0.1) is 0 Å². The molecule has 0 heterocycles. The zero-order valence-corrected chi connectivity index (χ0v) is 13.7. The Morgan fingerprint density at radius 2 is 1.63 bits per heavy atom. The summed E-state index contributed by atoms with van der Waals surface area (Å²) in [7, 11) is 0. The largest absolute Gasteiger partial charge is 0.359 e. The number of rotatable bonds is 4. The third-order valence-corrected chi connectivity index (χ3v) is 3.58. The molecule has 2 N–H and O–H groups in total. The minimum Gasteiger partial charge on any atom is -0.359 e. The van der Waals surface area contributed by atoms with Crippen molar-refractivity contribution in [2.24, 2.45) is 11.8 Å². The fourth-order valence-corrected chi connectivity index (χ4v) is 2.61. The Balaban J connectivity index is 2.69. The zero-order chi connectivity index (χ0) is 14.6. The molecule has 0 aliphatic heterocycles. The maximum Gasteiger partial charge on any atom is 0.171 e. The van der Waals surface area contributed by atoms with E-state index < -0.39 is 0 Å². The standard InChI is InChI=1S/C16H26N2S/c1-10(2)15(11(3)4)18-16(19)17-14-8-7-12(5)9-13(14)6/h7-11,15H,1-6H3,(H2,17,18,19). The van der Waals surface area contributed by atoms with Crippen LogP contribution < -0.4 is 10.6 Å². The van der Waals surface area contributed by atoms with Crippen LogP contribution in [0.4, 0.5) is 5.69 Å². The summed E-state index contributed by atoms with van der Waals surface area (Å²) >= 11 is 5.42. The molecule has 0 aromatic heterocycles. The Bertz CT molecular complexity index is 430. The van der Waals surface area contributed by atoms with Crippen molar-refractivity contribution in [3.8, 4) is 0 Å². The van der Waals surface area contributed by atoms with Crippen LogP contribution in [0.15, 0.2) is 18.2 Å². The van der Waals surface area contributed by atoms with Crippen LogP contribution in [-0.4, -0.2) is 11.2 Å². The SMILES string of the molecule is Cc1ccc(NC(=S)NC(C(C)C)C(C)C)c(C)c1. The van der Waals surface area contributed by atoms with Gasteiger partial charge in [0.15, 0.2) is 5.11 Å². The van der Waals surface area contributed by atoms with Gasteiger partial charge in [-0.05, 0) is 49.5 Å². The van der Waals surface area contributed by atoms with Gasteiger partial charge >= 0.3 is 0 Å². The lowest BCUT2D eigenvalue weighted by atomic mass is 9.93. The summed E-state index contributed by atoms with van der Waals surface area (Å²) in [5.41, 5.74) is 3.56. The maximum atomic E-state index is 5.42. The average molecular weight is 278 g/mol. The van der Waals surface area contributed by atoms with Gasteiger partial charge in [0.1, 0.15) is 0 Å². The second-order valence-corrected chi connectivity index (χ2v) is 6.34. The first-order valence-corrected chi connectivity index (χ1v) is 7.37. The molecule has 0 radical (unpaired) electrons. The van der Waals surface area contributed by atoms with E-state index in [9.17, 15) is 0 Å². The summed E-state index contributed by atoms with van der Waals surface area (Å²) in [4.78, 5) is 0. The molecule has 0 unspecified atom stereocenters. The number of thiocarbonyl (C=S) groups is 1. The second-order valence-electron chi connectivity index (χ2n) is 5.93. The van der Waals surface area contributed by atoms with E-state index in [-0.39, 0.29) is 0 Å². The number of nitrogens with one attached hydrogen (secondary N) is 2. The van der Waals surface area contributed by atoms with Gasteiger partial charge in [-0.25, -0.2) is 0 Å². The van der Waals surface area contributed by atoms with Gasteiger partial charge in [-0.2, -0.15) is 0 Å². The smallest absolute Gasteiger partial charge is 0.171 e. The number of hydrogen-bond donors (Lipinski definition) is 2. The molecule has 0 saturated heterocycles. The van der Waals surface area contributed by atoms with Crippen molar-refractivity contribution in [3.63, 3.8) is 0 Å². The minimum absolute atomic E-state index is 0.394. The maximum absolute atomic E-state index is 5.42. The molecule has 3 heteroatoms. The summed E-state index contributed by atoms with van der Waals surface area (Å²) in [6.45, 7) is 13.1. The van der Waals surface area contributed by atoms with E-state index in [1.165, 1.54) is 11.1 Å². The molecule has 0 aliphatic rings. The first-order chi connectivity index (χ1) is 8.81. The van der Waals surface area contributed by atoms with Crippen molar-refractivity contribution < 1.29 is 0 Å². The van der Waals surface area contributed by atoms with Crippen LogP contribution in [0.1, 0.15) is 38.8 Å². The van der Waals surface area contributed by atoms with E-state index in [1.54, 1.807) is 0 Å². The van der Waals surface area contributed by atoms with Crippen molar-refractivity contribution in [3.05, 3.63) is 29.3 Å². The van der Waals surface area contributed by atoms with Crippen LogP contribution in [0.25, 0.3) is 0 Å². The molecule has 0 atom stereocenters. The third kappa shape index (κ3) is 4.83. The fourth-order valence-electron chi connectivity index (χ4n) is 2.37. The highest BCUT2D eigenvalue weighted by molar-refractivity contribution is 7.80. The lowest BCUT2D eigenvalue weighted by Gasteiger charge is -2.27. The van der Waals surface area contributed by atoms with Crippen LogP contribution in [0, 0.1) is 25.7 Å². The van der Waals surface area contributed by atoms with E-state index in [0.29, 0.717) is 23.0 Å². The summed E-state index contributed by atoms with van der Waals surface area (Å²) in [5.74, 6) is 1.11. The van der Waals surface area contributed by atoms with Gasteiger partial charge in [0.2, 0.25) is 0 Å². The Kier molecular flexibility index (Phi) is 5.80. The van der Waals surface area contributed by atoms with Crippen molar-refractivity contribution >= 4 is 23.0 Å². The first-order valence-electron chi connectivity index (χ1n) is 6.96. The molecule has 0 bridgehead atoms. The van der Waals surface area contributed by atoms with Gasteiger partial charge in [0, 0.05) is 11.7 Å². The monoisotopic (exact) mass is 278 g/mol. The molecule has 19 heavy (non-hydrogen) atoms. The van der Waals surface area contributed by atoms with Gasteiger partial charge in [0.05, 0.1) is 0 Å². The molecular formula is C16H26N2S. The highest BCUT2D eigenvalue weighted by atomic mass is 32.1. The molecule has 0 spiro atoms. The second kappa shape index (κ2) is 6.90. The molecule has 0 fully saturated rings. The fraction of sp³-hybridized carbons (Fsp3) is 0.562. The molecule has 106 valence electrons. The molecule has 0 saturated carbocycles. The lowest BCUT2D eigenvalue weighted by molar-refractivity contribution is 0.356. The van der Waals surface area contributed by atoms with Crippen molar-refractivity contribution in [2.45, 2.75) is 47.6 Å². The quantitative estimate of drug-likeness (QED) is 0.804. The number of aryl methyl sites for hydroxylation is 2. The number of benzene rings is 1. The minimum atomic E-state index is 0.394. The van der Waals surface area contributed by atoms with Gasteiger partial charge in [-0.1, -0.05) is 45.4 Å². The van der Waals surface area contributed by atoms with Crippen LogP contribution in [0.5, 0.6) is 0 Å². The Labute approximate surface area is 123 Å². The Morgan fingerprint density at radius 3 is 2.11 bits per heavy atom. The van der Waals surface area contributed by atoms with Crippen molar-refractivity contribution in [1.82, 2.24) is 5.32 Å². The molecule has 1 aromatic carbocycles. The van der Waals surface area contributed by atoms with Crippen molar-refractivity contribution in [2.75, 3.05) is 5.32 Å². The normalized spacial score (nSPS) is 11.2. The van der Waals surface area contributed by atoms with Crippen LogP contribution in [0.3, 0.4) is 0 Å². The summed E-state index contributed by atoms with van der Waals surface area (Å²) in [5, 5.41) is 7.43. The summed E-state index contributed by atoms with van der Waals surface area (Å²) < 4.78 is 0. The predicted octanol–water partition coefficient (Wildman–Crippen LogP) is 4.27. The van der Waals surface area contributed by atoms with Gasteiger partial charge < -0.3 is 10.6 Å². The summed E-state index contributed by atoms with van der Waals surface area (Å²) in [6, 6.07) is 6.73. The molecule has 2 nitrogen and oxygen atoms in total. The van der Waals surface area contributed by atoms with E-state index in [2.05, 4.69) is 70.4 Å². The first kappa shape index (κ1) is 16.0. The Hall–Kier alpha value is -1.09. The highest BCUT2D eigenvalue weighted by Gasteiger charge is 2.18. The zero-order valence-electron chi connectivity index (χ0n) is 12.9. The molecule has 1 aromatic rings. The van der Waals surface area contributed by atoms with Crippen molar-refractivity contribution in [1.29, 1.82) is 0 Å². The predicted molar refractivity (Wildman–Crippen MR) is 88.7 cm³/mol. The third-order valence-electron chi connectivity index (χ3n) is 3.36. The molecule has 0 amide bonds. The average Bonchev–Trinajstić information content (AvgIpc) is 2.29. The van der Waals surface area contributed by atoms with Crippen LogP contribution >= 0.6 is 12.2 Å².